The molecule has 0 aromatic heterocycles. The number of hydrogen-bond acceptors (Lipinski definition) is 4. The smallest absolute Gasteiger partial charge is 0.132 e. The molecular formula is C12H18O4. The van der Waals surface area contributed by atoms with Gasteiger partial charge in [0, 0.05) is 12.8 Å². The number of rotatable bonds is 2. The van der Waals surface area contributed by atoms with Crippen molar-refractivity contribution in [3.8, 4) is 0 Å². The quantitative estimate of drug-likeness (QED) is 0.706. The van der Waals surface area contributed by atoms with E-state index in [-0.39, 0.29) is 29.7 Å². The van der Waals surface area contributed by atoms with Crippen LogP contribution < -0.4 is 0 Å². The minimum atomic E-state index is -0.249. The van der Waals surface area contributed by atoms with Crippen molar-refractivity contribution >= 4 is 5.78 Å². The van der Waals surface area contributed by atoms with Gasteiger partial charge in [0.05, 0.1) is 31.5 Å². The average Bonchev–Trinajstić information content (AvgIpc) is 2.46. The van der Waals surface area contributed by atoms with E-state index in [2.05, 4.69) is 0 Å². The second kappa shape index (κ2) is 3.79. The fraction of sp³-hybridized carbons (Fsp3) is 0.917. The fourth-order valence-corrected chi connectivity index (χ4v) is 3.22. The molecule has 3 unspecified atom stereocenters. The molecule has 90 valence electrons. The monoisotopic (exact) mass is 226 g/mol. The van der Waals surface area contributed by atoms with Gasteiger partial charge in [0.15, 0.2) is 0 Å². The van der Waals surface area contributed by atoms with Crippen LogP contribution in [0.25, 0.3) is 0 Å². The molecule has 3 rings (SSSR count). The van der Waals surface area contributed by atoms with E-state index in [4.69, 9.17) is 14.2 Å². The molecule has 4 nitrogen and oxygen atoms in total. The van der Waals surface area contributed by atoms with E-state index in [0.29, 0.717) is 19.6 Å². The van der Waals surface area contributed by atoms with E-state index in [0.717, 1.165) is 19.3 Å². The molecule has 2 bridgehead atoms. The summed E-state index contributed by atoms with van der Waals surface area (Å²) in [5, 5.41) is 0. The van der Waals surface area contributed by atoms with Gasteiger partial charge < -0.3 is 14.2 Å². The number of hydrogen-bond donors (Lipinski definition) is 0. The highest BCUT2D eigenvalue weighted by atomic mass is 16.6. The lowest BCUT2D eigenvalue weighted by molar-refractivity contribution is -0.185. The Labute approximate surface area is 95.2 Å². The summed E-state index contributed by atoms with van der Waals surface area (Å²) in [6.45, 7) is 2.94. The van der Waals surface area contributed by atoms with Crippen LogP contribution in [0.4, 0.5) is 0 Å². The van der Waals surface area contributed by atoms with Crippen LogP contribution in [-0.4, -0.2) is 42.9 Å². The van der Waals surface area contributed by atoms with Crippen LogP contribution in [0.3, 0.4) is 0 Å². The lowest BCUT2D eigenvalue weighted by atomic mass is 9.85. The minimum Gasteiger partial charge on any atom is -0.376 e. The van der Waals surface area contributed by atoms with Gasteiger partial charge in [0.1, 0.15) is 11.4 Å². The Bertz CT molecular complexity index is 303. The Morgan fingerprint density at radius 3 is 3.12 bits per heavy atom. The zero-order chi connectivity index (χ0) is 11.2. The molecule has 0 N–H and O–H groups in total. The van der Waals surface area contributed by atoms with Gasteiger partial charge in [0.25, 0.3) is 0 Å². The van der Waals surface area contributed by atoms with E-state index < -0.39 is 0 Å². The molecule has 0 aliphatic carbocycles. The molecule has 0 saturated carbocycles. The zero-order valence-corrected chi connectivity index (χ0v) is 9.61. The Kier molecular flexibility index (Phi) is 2.53. The summed E-state index contributed by atoms with van der Waals surface area (Å²) in [5.74, 6) is 0.201. The van der Waals surface area contributed by atoms with Crippen molar-refractivity contribution in [2.45, 2.75) is 56.5 Å². The predicted octanol–water partition coefficient (Wildman–Crippen LogP) is 1.07. The highest BCUT2D eigenvalue weighted by Crippen LogP contribution is 2.44. The van der Waals surface area contributed by atoms with E-state index in [1.165, 1.54) is 0 Å². The molecule has 1 spiro atoms. The van der Waals surface area contributed by atoms with Crippen LogP contribution in [0.5, 0.6) is 0 Å². The molecular weight excluding hydrogens is 208 g/mol. The number of carbonyl (C=O) groups is 1. The summed E-state index contributed by atoms with van der Waals surface area (Å²) in [6, 6.07) is 0. The third-order valence-electron chi connectivity index (χ3n) is 3.83. The number of fused-ring (bicyclic) bond motifs is 1. The first-order chi connectivity index (χ1) is 7.68. The largest absolute Gasteiger partial charge is 0.376 e. The highest BCUT2D eigenvalue weighted by Gasteiger charge is 2.55. The Hall–Kier alpha value is -0.450. The molecule has 3 saturated heterocycles. The minimum absolute atomic E-state index is 0.0674. The summed E-state index contributed by atoms with van der Waals surface area (Å²) in [4.78, 5) is 11.1. The topological polar surface area (TPSA) is 44.8 Å². The van der Waals surface area contributed by atoms with Gasteiger partial charge in [-0.2, -0.15) is 0 Å². The van der Waals surface area contributed by atoms with Gasteiger partial charge in [-0.05, 0) is 19.8 Å². The summed E-state index contributed by atoms with van der Waals surface area (Å²) >= 11 is 0. The predicted molar refractivity (Wildman–Crippen MR) is 56.2 cm³/mol. The normalized spacial score (nSPS) is 46.4. The van der Waals surface area contributed by atoms with Crippen molar-refractivity contribution in [1.82, 2.24) is 0 Å². The molecule has 0 aromatic rings. The van der Waals surface area contributed by atoms with Crippen molar-refractivity contribution in [3.05, 3.63) is 0 Å². The van der Waals surface area contributed by atoms with Crippen LogP contribution in [0, 0.1) is 0 Å². The SMILES string of the molecule is CC(=O)CC1CCC2O[C@H]3COCC2(C3)O1. The lowest BCUT2D eigenvalue weighted by Gasteiger charge is -2.42. The van der Waals surface area contributed by atoms with Crippen molar-refractivity contribution < 1.29 is 19.0 Å². The molecule has 0 aromatic carbocycles. The first-order valence-electron chi connectivity index (χ1n) is 6.08. The number of carbonyl (C=O) groups excluding carboxylic acids is 1. The van der Waals surface area contributed by atoms with Crippen molar-refractivity contribution in [3.63, 3.8) is 0 Å². The van der Waals surface area contributed by atoms with Gasteiger partial charge in [-0.25, -0.2) is 0 Å². The van der Waals surface area contributed by atoms with Gasteiger partial charge in [0.2, 0.25) is 0 Å². The van der Waals surface area contributed by atoms with Crippen LogP contribution in [0.1, 0.15) is 32.6 Å². The second-order valence-electron chi connectivity index (χ2n) is 5.25. The average molecular weight is 226 g/mol. The Balaban J connectivity index is 1.73. The van der Waals surface area contributed by atoms with Gasteiger partial charge in [-0.1, -0.05) is 0 Å². The number of ether oxygens (including phenoxy) is 3. The maximum atomic E-state index is 11.1. The molecule has 0 radical (unpaired) electrons. The Morgan fingerprint density at radius 1 is 1.44 bits per heavy atom. The maximum absolute atomic E-state index is 11.1. The summed E-state index contributed by atoms with van der Waals surface area (Å²) < 4.78 is 17.5. The van der Waals surface area contributed by atoms with Crippen LogP contribution >= 0.6 is 0 Å². The van der Waals surface area contributed by atoms with Gasteiger partial charge >= 0.3 is 0 Å². The molecule has 4 atom stereocenters. The van der Waals surface area contributed by atoms with Gasteiger partial charge in [-0.3, -0.25) is 4.79 Å². The third kappa shape index (κ3) is 1.69. The van der Waals surface area contributed by atoms with E-state index >= 15 is 0 Å². The van der Waals surface area contributed by atoms with Crippen LogP contribution in [0.2, 0.25) is 0 Å². The maximum Gasteiger partial charge on any atom is 0.132 e. The lowest BCUT2D eigenvalue weighted by Crippen LogP contribution is -2.52. The second-order valence-corrected chi connectivity index (χ2v) is 5.25. The molecule has 4 heteroatoms. The van der Waals surface area contributed by atoms with E-state index in [9.17, 15) is 4.79 Å². The van der Waals surface area contributed by atoms with Crippen LogP contribution in [0.15, 0.2) is 0 Å². The summed E-state index contributed by atoms with van der Waals surface area (Å²) in [7, 11) is 0. The molecule has 3 aliphatic heterocycles. The van der Waals surface area contributed by atoms with Crippen molar-refractivity contribution in [2.24, 2.45) is 0 Å². The molecule has 3 aliphatic rings. The third-order valence-corrected chi connectivity index (χ3v) is 3.83. The molecule has 0 amide bonds. The molecule has 16 heavy (non-hydrogen) atoms. The van der Waals surface area contributed by atoms with Crippen molar-refractivity contribution in [2.75, 3.05) is 13.2 Å². The molecule has 3 heterocycles. The van der Waals surface area contributed by atoms with Crippen molar-refractivity contribution in [1.29, 1.82) is 0 Å². The number of ketones is 1. The zero-order valence-electron chi connectivity index (χ0n) is 9.61. The van der Waals surface area contributed by atoms with Gasteiger partial charge in [-0.15, -0.1) is 0 Å². The van der Waals surface area contributed by atoms with Crippen LogP contribution in [-0.2, 0) is 19.0 Å². The van der Waals surface area contributed by atoms with E-state index in [1.54, 1.807) is 6.92 Å². The molecule has 3 fully saturated rings. The first kappa shape index (κ1) is 10.7. The summed E-state index contributed by atoms with van der Waals surface area (Å²) in [5.41, 5.74) is -0.249. The standard InChI is InChI=1S/C12H18O4/c1-8(13)4-9-2-3-11-12(16-9)5-10(15-11)6-14-7-12/h9-11H,2-7H2,1H3/t9?,10-,11?,12?/m1/s1. The number of Topliss-reactive ketones (excluding diaryl/α,β-unsaturated/α-hetero) is 1. The Morgan fingerprint density at radius 2 is 2.31 bits per heavy atom. The first-order valence-corrected chi connectivity index (χ1v) is 6.08. The summed E-state index contributed by atoms with van der Waals surface area (Å²) in [6.07, 6.45) is 3.85. The fourth-order valence-electron chi connectivity index (χ4n) is 3.22. The van der Waals surface area contributed by atoms with E-state index in [1.807, 2.05) is 0 Å². The highest BCUT2D eigenvalue weighted by molar-refractivity contribution is 5.76.